The molecule has 2 heterocycles. The summed E-state index contributed by atoms with van der Waals surface area (Å²) in [7, 11) is 0. The molecule has 1 atom stereocenters. The molecule has 112 valence electrons. The molecule has 3 rings (SSSR count). The van der Waals surface area contributed by atoms with Crippen LogP contribution in [0, 0.1) is 0 Å². The number of aromatic nitrogens is 4. The molecule has 1 fully saturated rings. The molecule has 1 amide bonds. The Labute approximate surface area is 128 Å². The number of carbonyl (C=O) groups excluding carboxylic acids is 1. The van der Waals surface area contributed by atoms with Crippen molar-refractivity contribution in [2.45, 2.75) is 19.0 Å². The summed E-state index contributed by atoms with van der Waals surface area (Å²) >= 11 is 0. The number of benzene rings is 1. The zero-order valence-electron chi connectivity index (χ0n) is 11.4. The van der Waals surface area contributed by atoms with Gasteiger partial charge in [-0.2, -0.15) is 4.80 Å². The molecular formula is C13H17ClN6O. The van der Waals surface area contributed by atoms with Crippen molar-refractivity contribution in [3.8, 4) is 11.4 Å². The third-order valence-corrected chi connectivity index (χ3v) is 3.34. The van der Waals surface area contributed by atoms with E-state index in [0.717, 1.165) is 12.0 Å². The molecule has 1 aromatic heterocycles. The Hall–Kier alpha value is -1.99. The summed E-state index contributed by atoms with van der Waals surface area (Å²) in [6.07, 6.45) is 0.853. The topological polar surface area (TPSA) is 89.9 Å². The first-order chi connectivity index (χ1) is 9.72. The van der Waals surface area contributed by atoms with E-state index in [4.69, 9.17) is 5.73 Å². The fourth-order valence-electron chi connectivity index (χ4n) is 2.25. The van der Waals surface area contributed by atoms with Crippen LogP contribution in [0.15, 0.2) is 30.3 Å². The number of nitrogens with zero attached hydrogens (tertiary/aromatic N) is 5. The fourth-order valence-corrected chi connectivity index (χ4v) is 2.25. The number of carbonyl (C=O) groups is 1. The van der Waals surface area contributed by atoms with Gasteiger partial charge in [-0.15, -0.1) is 22.6 Å². The van der Waals surface area contributed by atoms with Crippen LogP contribution in [-0.4, -0.2) is 50.1 Å². The first-order valence-corrected chi connectivity index (χ1v) is 6.59. The quantitative estimate of drug-likeness (QED) is 0.882. The van der Waals surface area contributed by atoms with Crippen LogP contribution < -0.4 is 5.73 Å². The second kappa shape index (κ2) is 6.64. The average Bonchev–Trinajstić information content (AvgIpc) is 3.09. The predicted octanol–water partition coefficient (Wildman–Crippen LogP) is 0.321. The smallest absolute Gasteiger partial charge is 0.246 e. The number of likely N-dealkylation sites (tertiary alicyclic amines) is 1. The van der Waals surface area contributed by atoms with Crippen LogP contribution in [0.25, 0.3) is 11.4 Å². The summed E-state index contributed by atoms with van der Waals surface area (Å²) in [5.41, 5.74) is 6.68. The van der Waals surface area contributed by atoms with Crippen molar-refractivity contribution in [2.24, 2.45) is 5.73 Å². The number of tetrazole rings is 1. The minimum atomic E-state index is -0.0186. The highest BCUT2D eigenvalue weighted by molar-refractivity contribution is 5.85. The second-order valence-electron chi connectivity index (χ2n) is 4.90. The number of hydrogen-bond acceptors (Lipinski definition) is 5. The summed E-state index contributed by atoms with van der Waals surface area (Å²) in [4.78, 5) is 15.1. The molecule has 0 spiro atoms. The lowest BCUT2D eigenvalue weighted by atomic mass is 10.2. The Kier molecular flexibility index (Phi) is 4.87. The second-order valence-corrected chi connectivity index (χ2v) is 4.90. The molecule has 0 bridgehead atoms. The highest BCUT2D eigenvalue weighted by Gasteiger charge is 2.24. The Morgan fingerprint density at radius 3 is 2.76 bits per heavy atom. The molecule has 1 aliphatic rings. The van der Waals surface area contributed by atoms with E-state index >= 15 is 0 Å². The number of amides is 1. The lowest BCUT2D eigenvalue weighted by Crippen LogP contribution is -2.34. The molecule has 1 saturated heterocycles. The van der Waals surface area contributed by atoms with E-state index in [2.05, 4.69) is 15.4 Å². The van der Waals surface area contributed by atoms with Crippen molar-refractivity contribution in [3.63, 3.8) is 0 Å². The lowest BCUT2D eigenvalue weighted by Gasteiger charge is -2.14. The molecule has 1 aromatic carbocycles. The van der Waals surface area contributed by atoms with Crippen LogP contribution in [0.1, 0.15) is 6.42 Å². The zero-order valence-corrected chi connectivity index (χ0v) is 12.2. The van der Waals surface area contributed by atoms with Crippen LogP contribution in [0.5, 0.6) is 0 Å². The maximum atomic E-state index is 12.0. The van der Waals surface area contributed by atoms with E-state index in [-0.39, 0.29) is 30.9 Å². The molecule has 7 nitrogen and oxygen atoms in total. The van der Waals surface area contributed by atoms with Crippen molar-refractivity contribution in [1.29, 1.82) is 0 Å². The van der Waals surface area contributed by atoms with Crippen molar-refractivity contribution >= 4 is 18.3 Å². The van der Waals surface area contributed by atoms with Gasteiger partial charge in [0, 0.05) is 24.7 Å². The van der Waals surface area contributed by atoms with Crippen LogP contribution in [0.2, 0.25) is 0 Å². The minimum absolute atomic E-state index is 0. The third-order valence-electron chi connectivity index (χ3n) is 3.34. The summed E-state index contributed by atoms with van der Waals surface area (Å²) in [5, 5.41) is 12.1. The standard InChI is InChI=1S/C13H16N6O.ClH/c14-11-6-7-18(8-11)12(20)9-19-16-13(15-17-19)10-4-2-1-3-5-10;/h1-5,11H,6-9,14H2;1H/t11-;/m1./s1. The first kappa shape index (κ1) is 15.4. The monoisotopic (exact) mass is 308 g/mol. The van der Waals surface area contributed by atoms with Crippen LogP contribution in [-0.2, 0) is 11.3 Å². The molecule has 2 N–H and O–H groups in total. The van der Waals surface area contributed by atoms with Gasteiger partial charge in [-0.05, 0) is 11.6 Å². The number of hydrogen-bond donors (Lipinski definition) is 1. The number of rotatable bonds is 3. The van der Waals surface area contributed by atoms with Gasteiger partial charge in [0.2, 0.25) is 11.7 Å². The molecule has 21 heavy (non-hydrogen) atoms. The Balaban J connectivity index is 0.00000161. The van der Waals surface area contributed by atoms with E-state index in [9.17, 15) is 4.79 Å². The minimum Gasteiger partial charge on any atom is -0.339 e. The summed E-state index contributed by atoms with van der Waals surface area (Å²) in [5.74, 6) is 0.506. The fraction of sp³-hybridized carbons (Fsp3) is 0.385. The van der Waals surface area contributed by atoms with Crippen molar-refractivity contribution < 1.29 is 4.79 Å². The van der Waals surface area contributed by atoms with Crippen LogP contribution in [0.3, 0.4) is 0 Å². The Morgan fingerprint density at radius 1 is 1.33 bits per heavy atom. The van der Waals surface area contributed by atoms with Crippen molar-refractivity contribution in [1.82, 2.24) is 25.1 Å². The Bertz CT molecular complexity index is 602. The number of nitrogens with two attached hydrogens (primary N) is 1. The molecular weight excluding hydrogens is 292 g/mol. The van der Waals surface area contributed by atoms with Gasteiger partial charge in [0.25, 0.3) is 0 Å². The summed E-state index contributed by atoms with van der Waals surface area (Å²) < 4.78 is 0. The van der Waals surface area contributed by atoms with E-state index < -0.39 is 0 Å². The molecule has 1 aliphatic heterocycles. The van der Waals surface area contributed by atoms with E-state index in [0.29, 0.717) is 18.9 Å². The van der Waals surface area contributed by atoms with Gasteiger partial charge < -0.3 is 10.6 Å². The van der Waals surface area contributed by atoms with Gasteiger partial charge in [0.05, 0.1) is 0 Å². The summed E-state index contributed by atoms with van der Waals surface area (Å²) in [6.45, 7) is 1.42. The molecule has 0 unspecified atom stereocenters. The highest BCUT2D eigenvalue weighted by Crippen LogP contribution is 2.12. The predicted molar refractivity (Wildman–Crippen MR) is 79.7 cm³/mol. The van der Waals surface area contributed by atoms with Gasteiger partial charge in [-0.25, -0.2) is 0 Å². The largest absolute Gasteiger partial charge is 0.339 e. The van der Waals surface area contributed by atoms with Gasteiger partial charge in [-0.3, -0.25) is 4.79 Å². The van der Waals surface area contributed by atoms with Gasteiger partial charge in [0.1, 0.15) is 6.54 Å². The van der Waals surface area contributed by atoms with Crippen molar-refractivity contribution in [2.75, 3.05) is 13.1 Å². The zero-order chi connectivity index (χ0) is 13.9. The maximum absolute atomic E-state index is 12.0. The SMILES string of the molecule is Cl.N[C@@H]1CCN(C(=O)Cn2nnc(-c3ccccc3)n2)C1. The summed E-state index contributed by atoms with van der Waals surface area (Å²) in [6, 6.07) is 9.64. The normalized spacial score (nSPS) is 17.6. The maximum Gasteiger partial charge on any atom is 0.246 e. The van der Waals surface area contributed by atoms with E-state index in [1.807, 2.05) is 30.3 Å². The molecule has 0 radical (unpaired) electrons. The third kappa shape index (κ3) is 3.56. The molecule has 0 aliphatic carbocycles. The van der Waals surface area contributed by atoms with E-state index in [1.54, 1.807) is 4.90 Å². The van der Waals surface area contributed by atoms with Gasteiger partial charge in [0.15, 0.2) is 0 Å². The first-order valence-electron chi connectivity index (χ1n) is 6.59. The lowest BCUT2D eigenvalue weighted by molar-refractivity contribution is -0.131. The highest BCUT2D eigenvalue weighted by atomic mass is 35.5. The Morgan fingerprint density at radius 2 is 2.10 bits per heavy atom. The van der Waals surface area contributed by atoms with E-state index in [1.165, 1.54) is 4.80 Å². The van der Waals surface area contributed by atoms with Crippen LogP contribution >= 0.6 is 12.4 Å². The van der Waals surface area contributed by atoms with Gasteiger partial charge in [-0.1, -0.05) is 30.3 Å². The molecule has 2 aromatic rings. The number of halogens is 1. The molecule has 0 saturated carbocycles. The molecule has 8 heteroatoms. The average molecular weight is 309 g/mol. The van der Waals surface area contributed by atoms with Crippen LogP contribution in [0.4, 0.5) is 0 Å². The van der Waals surface area contributed by atoms with Crippen molar-refractivity contribution in [3.05, 3.63) is 30.3 Å². The van der Waals surface area contributed by atoms with Gasteiger partial charge >= 0.3 is 0 Å².